The Morgan fingerprint density at radius 3 is 1.96 bits per heavy atom. The summed E-state index contributed by atoms with van der Waals surface area (Å²) in [6.07, 6.45) is 4.33. The van der Waals surface area contributed by atoms with E-state index in [1.807, 2.05) is 24.4 Å². The van der Waals surface area contributed by atoms with E-state index in [9.17, 15) is 0 Å². The van der Waals surface area contributed by atoms with E-state index in [2.05, 4.69) is 155 Å². The minimum absolute atomic E-state index is 0.736. The Hall–Kier alpha value is -6.26. The Labute approximate surface area is 273 Å². The second-order valence-corrected chi connectivity index (χ2v) is 11.9. The van der Waals surface area contributed by atoms with Crippen LogP contribution in [-0.4, -0.2) is 21.1 Å². The third-order valence-electron chi connectivity index (χ3n) is 9.05. The van der Waals surface area contributed by atoms with Crippen LogP contribution < -0.4 is 4.90 Å². The zero-order chi connectivity index (χ0) is 31.2. The maximum Gasteiger partial charge on any atom is 0.145 e. The highest BCUT2D eigenvalue weighted by Gasteiger charge is 2.24. The lowest BCUT2D eigenvalue weighted by molar-refractivity contribution is 1.09. The van der Waals surface area contributed by atoms with Gasteiger partial charge in [0.1, 0.15) is 5.82 Å². The van der Waals surface area contributed by atoms with Gasteiger partial charge in [-0.1, -0.05) is 115 Å². The zero-order valence-electron chi connectivity index (χ0n) is 25.7. The predicted octanol–water partition coefficient (Wildman–Crippen LogP) is 10.6. The summed E-state index contributed by atoms with van der Waals surface area (Å²) >= 11 is 0. The van der Waals surface area contributed by atoms with Crippen molar-refractivity contribution in [2.24, 2.45) is 0 Å². The van der Waals surface area contributed by atoms with Crippen LogP contribution in [0.2, 0.25) is 0 Å². The van der Waals surface area contributed by atoms with Gasteiger partial charge in [-0.25, -0.2) is 4.98 Å². The lowest BCUT2D eigenvalue weighted by Gasteiger charge is -2.32. The molecule has 0 saturated carbocycles. The van der Waals surface area contributed by atoms with Crippen molar-refractivity contribution in [1.29, 1.82) is 0 Å². The van der Waals surface area contributed by atoms with Crippen molar-refractivity contribution < 1.29 is 0 Å². The molecule has 0 atom stereocenters. The summed E-state index contributed by atoms with van der Waals surface area (Å²) in [7, 11) is 0. The zero-order valence-corrected chi connectivity index (χ0v) is 25.7. The highest BCUT2D eigenvalue weighted by Crippen LogP contribution is 2.42. The van der Waals surface area contributed by atoms with E-state index < -0.39 is 0 Å². The Morgan fingerprint density at radius 1 is 0.532 bits per heavy atom. The number of rotatable bonds is 5. The lowest BCUT2D eigenvalue weighted by atomic mass is 9.94. The minimum Gasteiger partial charge on any atom is -0.335 e. The van der Waals surface area contributed by atoms with E-state index in [1.165, 1.54) is 16.7 Å². The average molecular weight is 603 g/mol. The van der Waals surface area contributed by atoms with Crippen LogP contribution in [-0.2, 0) is 0 Å². The number of fused-ring (bicyclic) bond motifs is 4. The molecule has 0 bridgehead atoms. The van der Waals surface area contributed by atoms with Gasteiger partial charge in [0.15, 0.2) is 0 Å². The fraction of sp³-hybridized carbons (Fsp3) is 0.0233. The number of nitrogens with zero attached hydrogens (tertiary/aromatic N) is 4. The Kier molecular flexibility index (Phi) is 6.50. The van der Waals surface area contributed by atoms with Gasteiger partial charge in [-0.3, -0.25) is 9.55 Å². The third kappa shape index (κ3) is 4.79. The van der Waals surface area contributed by atoms with Crippen LogP contribution in [0.1, 0.15) is 11.1 Å². The SMILES string of the molecule is C1=C(c2ccc(-c3nc4ccccc4n3-c3ccccc3)cc2)CN(c2ccccc2)c2c1ccc1cc(-c3ccccc3)cnc21. The molecule has 4 heteroatoms. The highest BCUT2D eigenvalue weighted by atomic mass is 15.2. The first-order chi connectivity index (χ1) is 23.3. The topological polar surface area (TPSA) is 34.0 Å². The van der Waals surface area contributed by atoms with Crippen LogP contribution >= 0.6 is 0 Å². The molecule has 3 heterocycles. The predicted molar refractivity (Wildman–Crippen MR) is 195 cm³/mol. The molecule has 6 aromatic carbocycles. The maximum atomic E-state index is 5.07. The lowest BCUT2D eigenvalue weighted by Crippen LogP contribution is -2.23. The quantitative estimate of drug-likeness (QED) is 0.197. The molecule has 0 fully saturated rings. The number of aromatic nitrogens is 3. The molecule has 47 heavy (non-hydrogen) atoms. The molecule has 2 aromatic heterocycles. The second-order valence-electron chi connectivity index (χ2n) is 11.9. The number of imidazole rings is 1. The van der Waals surface area contributed by atoms with E-state index in [1.54, 1.807) is 0 Å². The van der Waals surface area contributed by atoms with Crippen LogP contribution in [0.25, 0.3) is 61.8 Å². The molecular formula is C43H30N4. The number of pyridine rings is 1. The first-order valence-electron chi connectivity index (χ1n) is 16.0. The molecule has 1 aliphatic rings. The third-order valence-corrected chi connectivity index (χ3v) is 9.05. The van der Waals surface area contributed by atoms with Crippen LogP contribution in [0.4, 0.5) is 11.4 Å². The minimum atomic E-state index is 0.736. The van der Waals surface area contributed by atoms with Crippen molar-refractivity contribution in [2.75, 3.05) is 11.4 Å². The van der Waals surface area contributed by atoms with Crippen LogP contribution in [0.3, 0.4) is 0 Å². The van der Waals surface area contributed by atoms with E-state index in [4.69, 9.17) is 9.97 Å². The molecule has 4 nitrogen and oxygen atoms in total. The monoisotopic (exact) mass is 602 g/mol. The van der Waals surface area contributed by atoms with Crippen LogP contribution in [0, 0.1) is 0 Å². The van der Waals surface area contributed by atoms with Crippen molar-refractivity contribution >= 4 is 45.0 Å². The molecule has 9 rings (SSSR count). The van der Waals surface area contributed by atoms with Gasteiger partial charge >= 0.3 is 0 Å². The molecule has 0 spiro atoms. The molecule has 222 valence electrons. The van der Waals surface area contributed by atoms with Crippen LogP contribution in [0.15, 0.2) is 164 Å². The summed E-state index contributed by atoms with van der Waals surface area (Å²) in [6, 6.07) is 55.4. The van der Waals surface area contributed by atoms with Gasteiger partial charge in [-0.05, 0) is 65.2 Å². The van der Waals surface area contributed by atoms with Gasteiger partial charge in [-0.15, -0.1) is 0 Å². The number of hydrogen-bond donors (Lipinski definition) is 0. The molecule has 0 saturated heterocycles. The highest BCUT2D eigenvalue weighted by molar-refractivity contribution is 6.04. The Bertz CT molecular complexity index is 2410. The molecule has 0 unspecified atom stereocenters. The standard InChI is InChI=1S/C43H30N4/c1-4-12-30(13-5-1)35-26-33-24-25-34-27-36(29-46(37-14-6-2-7-15-37)42(34)41(33)44-28-35)31-20-22-32(23-21-31)43-45-39-18-10-11-19-40(39)47(43)38-16-8-3-9-17-38/h1-28H,29H2. The summed E-state index contributed by atoms with van der Waals surface area (Å²) < 4.78 is 2.25. The summed E-state index contributed by atoms with van der Waals surface area (Å²) in [5.41, 5.74) is 13.5. The van der Waals surface area contributed by atoms with Crippen molar-refractivity contribution in [3.8, 4) is 28.2 Å². The molecule has 0 radical (unpaired) electrons. The largest absolute Gasteiger partial charge is 0.335 e. The Morgan fingerprint density at radius 2 is 1.19 bits per heavy atom. The van der Waals surface area contributed by atoms with Gasteiger partial charge in [0.25, 0.3) is 0 Å². The summed E-state index contributed by atoms with van der Waals surface area (Å²) in [5, 5.41) is 1.13. The van der Waals surface area contributed by atoms with Crippen molar-refractivity contribution in [1.82, 2.24) is 14.5 Å². The smallest absolute Gasteiger partial charge is 0.145 e. The van der Waals surface area contributed by atoms with E-state index in [0.717, 1.165) is 68.1 Å². The van der Waals surface area contributed by atoms with Gasteiger partial charge in [0, 0.05) is 46.2 Å². The first kappa shape index (κ1) is 27.1. The van der Waals surface area contributed by atoms with E-state index >= 15 is 0 Å². The number of benzene rings is 6. The van der Waals surface area contributed by atoms with Crippen LogP contribution in [0.5, 0.6) is 0 Å². The summed E-state index contributed by atoms with van der Waals surface area (Å²) in [6.45, 7) is 0.736. The first-order valence-corrected chi connectivity index (χ1v) is 16.0. The summed E-state index contributed by atoms with van der Waals surface area (Å²) in [5.74, 6) is 0.935. The van der Waals surface area contributed by atoms with Gasteiger partial charge in [0.2, 0.25) is 0 Å². The molecule has 1 aliphatic heterocycles. The fourth-order valence-electron chi connectivity index (χ4n) is 6.77. The van der Waals surface area contributed by atoms with E-state index in [-0.39, 0.29) is 0 Å². The average Bonchev–Trinajstić information content (AvgIpc) is 3.55. The number of anilines is 2. The summed E-state index contributed by atoms with van der Waals surface area (Å²) in [4.78, 5) is 12.5. The molecule has 0 N–H and O–H groups in total. The maximum absolute atomic E-state index is 5.07. The molecule has 8 aromatic rings. The number of para-hydroxylation sites is 4. The molecule has 0 aliphatic carbocycles. The number of hydrogen-bond acceptors (Lipinski definition) is 3. The van der Waals surface area contributed by atoms with Gasteiger partial charge < -0.3 is 4.90 Å². The fourth-order valence-corrected chi connectivity index (χ4v) is 6.77. The Balaban J connectivity index is 1.14. The van der Waals surface area contributed by atoms with Crippen molar-refractivity contribution in [2.45, 2.75) is 0 Å². The molecular weight excluding hydrogens is 573 g/mol. The van der Waals surface area contributed by atoms with Crippen molar-refractivity contribution in [3.63, 3.8) is 0 Å². The molecule has 0 amide bonds. The normalized spacial score (nSPS) is 12.7. The van der Waals surface area contributed by atoms with E-state index in [0.29, 0.717) is 0 Å². The van der Waals surface area contributed by atoms with Gasteiger partial charge in [0.05, 0.1) is 22.2 Å². The second kappa shape index (κ2) is 11.3. The van der Waals surface area contributed by atoms with Crippen molar-refractivity contribution in [3.05, 3.63) is 175 Å². The van der Waals surface area contributed by atoms with Gasteiger partial charge in [-0.2, -0.15) is 0 Å².